The molecule has 1 amide bonds. The number of nitrogens with zero attached hydrogens (tertiary/aromatic N) is 1. The van der Waals surface area contributed by atoms with Crippen LogP contribution in [-0.2, 0) is 16.1 Å². The van der Waals surface area contributed by atoms with Crippen molar-refractivity contribution in [3.05, 3.63) is 24.0 Å². The molecule has 0 radical (unpaired) electrons. The van der Waals surface area contributed by atoms with Crippen molar-refractivity contribution in [1.29, 1.82) is 0 Å². The van der Waals surface area contributed by atoms with Gasteiger partial charge >= 0.3 is 5.97 Å². The van der Waals surface area contributed by atoms with E-state index in [0.717, 1.165) is 6.42 Å². The van der Waals surface area contributed by atoms with Crippen LogP contribution < -0.4 is 5.32 Å². The van der Waals surface area contributed by atoms with Gasteiger partial charge in [0.25, 0.3) is 5.91 Å². The quantitative estimate of drug-likeness (QED) is 0.847. The van der Waals surface area contributed by atoms with E-state index in [1.807, 2.05) is 13.8 Å². The first-order chi connectivity index (χ1) is 9.36. The summed E-state index contributed by atoms with van der Waals surface area (Å²) in [5.74, 6) is -1.22. The fraction of sp³-hybridized carbons (Fsp3) is 0.571. The number of aromatic nitrogens is 1. The van der Waals surface area contributed by atoms with Crippen LogP contribution in [-0.4, -0.2) is 40.8 Å². The Kier molecular flexibility index (Phi) is 3.85. The number of carboxylic acids is 1. The SMILES string of the molecule is COC1CC(NC(=O)c2cccn2CC(=O)O)C1(C)C. The van der Waals surface area contributed by atoms with Crippen molar-refractivity contribution in [3.63, 3.8) is 0 Å². The zero-order chi connectivity index (χ0) is 14.9. The van der Waals surface area contributed by atoms with Gasteiger partial charge in [-0.15, -0.1) is 0 Å². The summed E-state index contributed by atoms with van der Waals surface area (Å²) in [4.78, 5) is 23.0. The van der Waals surface area contributed by atoms with Gasteiger partial charge in [0.05, 0.1) is 6.10 Å². The average Bonchev–Trinajstić information content (AvgIpc) is 2.80. The molecule has 0 saturated heterocycles. The maximum absolute atomic E-state index is 12.2. The molecule has 110 valence electrons. The summed E-state index contributed by atoms with van der Waals surface area (Å²) in [6.45, 7) is 3.88. The van der Waals surface area contributed by atoms with Crippen molar-refractivity contribution < 1.29 is 19.4 Å². The van der Waals surface area contributed by atoms with Crippen LogP contribution >= 0.6 is 0 Å². The van der Waals surface area contributed by atoms with Gasteiger partial charge in [-0.2, -0.15) is 0 Å². The van der Waals surface area contributed by atoms with Crippen molar-refractivity contribution in [2.45, 2.75) is 39.0 Å². The smallest absolute Gasteiger partial charge is 0.323 e. The highest BCUT2D eigenvalue weighted by Crippen LogP contribution is 2.42. The molecule has 2 atom stereocenters. The molecule has 0 aromatic carbocycles. The Morgan fingerprint density at radius 3 is 2.80 bits per heavy atom. The van der Waals surface area contributed by atoms with Gasteiger partial charge in [0.1, 0.15) is 12.2 Å². The van der Waals surface area contributed by atoms with Crippen molar-refractivity contribution >= 4 is 11.9 Å². The predicted molar refractivity (Wildman–Crippen MR) is 72.5 cm³/mol. The summed E-state index contributed by atoms with van der Waals surface area (Å²) in [5.41, 5.74) is 0.248. The van der Waals surface area contributed by atoms with Gasteiger partial charge in [-0.3, -0.25) is 9.59 Å². The van der Waals surface area contributed by atoms with Crippen LogP contribution in [0.4, 0.5) is 0 Å². The van der Waals surface area contributed by atoms with E-state index in [-0.39, 0.29) is 30.0 Å². The second-order valence-electron chi connectivity index (χ2n) is 5.72. The number of methoxy groups -OCH3 is 1. The molecule has 6 nitrogen and oxygen atoms in total. The lowest BCUT2D eigenvalue weighted by Crippen LogP contribution is -2.61. The summed E-state index contributed by atoms with van der Waals surface area (Å²) in [5, 5.41) is 11.8. The van der Waals surface area contributed by atoms with Crippen molar-refractivity contribution in [1.82, 2.24) is 9.88 Å². The Morgan fingerprint density at radius 2 is 2.25 bits per heavy atom. The summed E-state index contributed by atoms with van der Waals surface area (Å²) in [7, 11) is 1.67. The van der Waals surface area contributed by atoms with E-state index in [4.69, 9.17) is 9.84 Å². The topological polar surface area (TPSA) is 80.6 Å². The largest absolute Gasteiger partial charge is 0.480 e. The Morgan fingerprint density at radius 1 is 1.55 bits per heavy atom. The van der Waals surface area contributed by atoms with E-state index >= 15 is 0 Å². The highest BCUT2D eigenvalue weighted by Gasteiger charge is 2.49. The molecule has 1 heterocycles. The lowest BCUT2D eigenvalue weighted by molar-refractivity contribution is -0.137. The minimum Gasteiger partial charge on any atom is -0.480 e. The van der Waals surface area contributed by atoms with Gasteiger partial charge < -0.3 is 19.7 Å². The van der Waals surface area contributed by atoms with Crippen LogP contribution in [0.3, 0.4) is 0 Å². The van der Waals surface area contributed by atoms with Gasteiger partial charge in [-0.05, 0) is 18.6 Å². The monoisotopic (exact) mass is 280 g/mol. The van der Waals surface area contributed by atoms with E-state index in [1.54, 1.807) is 25.4 Å². The van der Waals surface area contributed by atoms with Crippen LogP contribution in [0.2, 0.25) is 0 Å². The lowest BCUT2D eigenvalue weighted by Gasteiger charge is -2.51. The third-order valence-corrected chi connectivity index (χ3v) is 4.14. The first-order valence-corrected chi connectivity index (χ1v) is 6.57. The first-order valence-electron chi connectivity index (χ1n) is 6.57. The summed E-state index contributed by atoms with van der Waals surface area (Å²) < 4.78 is 6.77. The molecule has 1 aliphatic rings. The van der Waals surface area contributed by atoms with Crippen LogP contribution in [0.5, 0.6) is 0 Å². The summed E-state index contributed by atoms with van der Waals surface area (Å²) in [6, 6.07) is 3.33. The molecule has 0 bridgehead atoms. The van der Waals surface area contributed by atoms with E-state index in [1.165, 1.54) is 4.57 Å². The van der Waals surface area contributed by atoms with Gasteiger partial charge in [-0.1, -0.05) is 13.8 Å². The number of aliphatic carboxylic acids is 1. The Balaban J connectivity index is 2.03. The van der Waals surface area contributed by atoms with Crippen molar-refractivity contribution in [3.8, 4) is 0 Å². The third-order valence-electron chi connectivity index (χ3n) is 4.14. The molecule has 0 aliphatic heterocycles. The number of carboxylic acid groups (broad SMARTS) is 1. The molecule has 1 aromatic rings. The maximum atomic E-state index is 12.2. The fourth-order valence-corrected chi connectivity index (χ4v) is 2.67. The minimum atomic E-state index is -0.973. The number of hydrogen-bond acceptors (Lipinski definition) is 3. The van der Waals surface area contributed by atoms with Crippen LogP contribution in [0.15, 0.2) is 18.3 Å². The molecule has 2 unspecified atom stereocenters. The molecular formula is C14H20N2O4. The number of carbonyl (C=O) groups excluding carboxylic acids is 1. The molecule has 1 fully saturated rings. The van der Waals surface area contributed by atoms with Gasteiger partial charge in [0.2, 0.25) is 0 Å². The highest BCUT2D eigenvalue weighted by molar-refractivity contribution is 5.93. The Labute approximate surface area is 117 Å². The standard InChI is InChI=1S/C14H20N2O4/c1-14(2)10(7-11(14)20-3)15-13(19)9-5-4-6-16(9)8-12(17)18/h4-6,10-11H,7-8H2,1-3H3,(H,15,19)(H,17,18). The first kappa shape index (κ1) is 14.6. The predicted octanol–water partition coefficient (Wildman–Crippen LogP) is 1.12. The van der Waals surface area contributed by atoms with Crippen molar-refractivity contribution in [2.24, 2.45) is 5.41 Å². The van der Waals surface area contributed by atoms with E-state index < -0.39 is 5.97 Å². The van der Waals surface area contributed by atoms with Crippen LogP contribution in [0.1, 0.15) is 30.8 Å². The van der Waals surface area contributed by atoms with E-state index in [9.17, 15) is 9.59 Å². The lowest BCUT2D eigenvalue weighted by atomic mass is 9.64. The average molecular weight is 280 g/mol. The number of amides is 1. The number of hydrogen-bond donors (Lipinski definition) is 2. The highest BCUT2D eigenvalue weighted by atomic mass is 16.5. The fourth-order valence-electron chi connectivity index (χ4n) is 2.67. The molecule has 1 aliphatic carbocycles. The molecule has 2 rings (SSSR count). The molecule has 2 N–H and O–H groups in total. The second kappa shape index (κ2) is 5.28. The summed E-state index contributed by atoms with van der Waals surface area (Å²) in [6.07, 6.45) is 2.50. The second-order valence-corrected chi connectivity index (χ2v) is 5.72. The van der Waals surface area contributed by atoms with Gasteiger partial charge in [-0.25, -0.2) is 0 Å². The zero-order valence-corrected chi connectivity index (χ0v) is 11.9. The van der Waals surface area contributed by atoms with E-state index in [0.29, 0.717) is 5.69 Å². The Bertz CT molecular complexity index is 521. The maximum Gasteiger partial charge on any atom is 0.323 e. The minimum absolute atomic E-state index is 0.0353. The molecule has 1 saturated carbocycles. The Hall–Kier alpha value is -1.82. The van der Waals surface area contributed by atoms with Gasteiger partial charge in [0.15, 0.2) is 0 Å². The normalized spacial score (nSPS) is 23.9. The molecule has 20 heavy (non-hydrogen) atoms. The number of nitrogens with one attached hydrogen (secondary N) is 1. The van der Waals surface area contributed by atoms with Crippen LogP contribution in [0, 0.1) is 5.41 Å². The number of carbonyl (C=O) groups is 2. The molecule has 6 heteroatoms. The van der Waals surface area contributed by atoms with Crippen molar-refractivity contribution in [2.75, 3.05) is 7.11 Å². The molecular weight excluding hydrogens is 260 g/mol. The molecule has 0 spiro atoms. The third kappa shape index (κ3) is 2.56. The van der Waals surface area contributed by atoms with Crippen LogP contribution in [0.25, 0.3) is 0 Å². The summed E-state index contributed by atoms with van der Waals surface area (Å²) >= 11 is 0. The number of ether oxygens (including phenoxy) is 1. The zero-order valence-electron chi connectivity index (χ0n) is 11.9. The van der Waals surface area contributed by atoms with Gasteiger partial charge in [0, 0.05) is 24.8 Å². The number of rotatable bonds is 5. The van der Waals surface area contributed by atoms with E-state index in [2.05, 4.69) is 5.32 Å². The molecule has 1 aromatic heterocycles.